The van der Waals surface area contributed by atoms with Crippen LogP contribution in [0.5, 0.6) is 0 Å². The first kappa shape index (κ1) is 21.2. The summed E-state index contributed by atoms with van der Waals surface area (Å²) in [5.41, 5.74) is 3.97. The molecular formula is C25H28F2N2. The van der Waals surface area contributed by atoms with Crippen molar-refractivity contribution in [2.75, 3.05) is 27.2 Å². The normalized spacial score (nSPS) is 11.6. The molecule has 0 saturated carbocycles. The third-order valence-corrected chi connectivity index (χ3v) is 4.98. The van der Waals surface area contributed by atoms with Crippen LogP contribution in [0.1, 0.15) is 23.1 Å². The molecule has 3 aromatic carbocycles. The molecule has 3 rings (SSSR count). The quantitative estimate of drug-likeness (QED) is 0.449. The van der Waals surface area contributed by atoms with Crippen LogP contribution in [0.2, 0.25) is 0 Å². The zero-order valence-corrected chi connectivity index (χ0v) is 17.1. The fraction of sp³-hybridized carbons (Fsp3) is 0.280. The number of nitrogens with zero attached hydrogens (tertiary/aromatic N) is 2. The van der Waals surface area contributed by atoms with Crippen molar-refractivity contribution in [3.8, 4) is 11.1 Å². The van der Waals surface area contributed by atoms with E-state index in [9.17, 15) is 8.78 Å². The molecule has 0 amide bonds. The molecular weight excluding hydrogens is 366 g/mol. The Balaban J connectivity index is 1.74. The monoisotopic (exact) mass is 394 g/mol. The van der Waals surface area contributed by atoms with Crippen LogP contribution < -0.4 is 0 Å². The molecule has 0 bridgehead atoms. The molecule has 4 heteroatoms. The molecule has 0 heterocycles. The van der Waals surface area contributed by atoms with Gasteiger partial charge in [0.05, 0.1) is 0 Å². The predicted molar refractivity (Wildman–Crippen MR) is 116 cm³/mol. The van der Waals surface area contributed by atoms with Crippen LogP contribution in [0.15, 0.2) is 78.9 Å². The lowest BCUT2D eigenvalue weighted by Gasteiger charge is -2.24. The lowest BCUT2D eigenvalue weighted by molar-refractivity contribution is 0.152. The summed E-state index contributed by atoms with van der Waals surface area (Å²) in [7, 11) is 4.16. The number of alkyl halides is 2. The molecule has 0 fully saturated rings. The third-order valence-electron chi connectivity index (χ3n) is 4.98. The van der Waals surface area contributed by atoms with Crippen molar-refractivity contribution in [1.29, 1.82) is 0 Å². The van der Waals surface area contributed by atoms with Crippen LogP contribution in [0.25, 0.3) is 11.1 Å². The van der Waals surface area contributed by atoms with Crippen molar-refractivity contribution >= 4 is 0 Å². The SMILES string of the molecule is CN(C)CCN(Cc1ccccc1)Cc1ccc(-c2ccccc2C(F)F)cc1. The summed E-state index contributed by atoms with van der Waals surface area (Å²) in [6.45, 7) is 3.63. The fourth-order valence-corrected chi connectivity index (χ4v) is 3.40. The van der Waals surface area contributed by atoms with Gasteiger partial charge in [-0.3, -0.25) is 4.90 Å². The van der Waals surface area contributed by atoms with Crippen LogP contribution in [-0.4, -0.2) is 37.0 Å². The lowest BCUT2D eigenvalue weighted by atomic mass is 9.99. The Morgan fingerprint density at radius 2 is 1.28 bits per heavy atom. The molecule has 0 aliphatic rings. The van der Waals surface area contributed by atoms with Gasteiger partial charge in [-0.25, -0.2) is 8.78 Å². The van der Waals surface area contributed by atoms with E-state index in [4.69, 9.17) is 0 Å². The minimum Gasteiger partial charge on any atom is -0.308 e. The smallest absolute Gasteiger partial charge is 0.264 e. The topological polar surface area (TPSA) is 6.48 Å². The highest BCUT2D eigenvalue weighted by molar-refractivity contribution is 5.67. The van der Waals surface area contributed by atoms with Gasteiger partial charge >= 0.3 is 0 Å². The van der Waals surface area contributed by atoms with Crippen LogP contribution in [0.4, 0.5) is 8.78 Å². The Labute approximate surface area is 172 Å². The molecule has 0 N–H and O–H groups in total. The Bertz CT molecular complexity index is 877. The summed E-state index contributed by atoms with van der Waals surface area (Å²) in [4.78, 5) is 4.60. The maximum atomic E-state index is 13.3. The first-order chi connectivity index (χ1) is 14.0. The standard InChI is InChI=1S/C25H28F2N2/c1-28(2)16-17-29(18-20-8-4-3-5-9-20)19-21-12-14-22(15-13-21)23-10-6-7-11-24(23)25(26)27/h3-15,25H,16-19H2,1-2H3. The van der Waals surface area contributed by atoms with Crippen molar-refractivity contribution in [3.05, 3.63) is 95.6 Å². The molecule has 0 radical (unpaired) electrons. The number of halogens is 2. The highest BCUT2D eigenvalue weighted by Crippen LogP contribution is 2.31. The molecule has 3 aromatic rings. The van der Waals surface area contributed by atoms with E-state index in [2.05, 4.69) is 48.2 Å². The molecule has 29 heavy (non-hydrogen) atoms. The van der Waals surface area contributed by atoms with Crippen molar-refractivity contribution in [2.45, 2.75) is 19.5 Å². The summed E-state index contributed by atoms with van der Waals surface area (Å²) in [6.07, 6.45) is -2.47. The van der Waals surface area contributed by atoms with Gasteiger partial charge in [0, 0.05) is 31.7 Å². The van der Waals surface area contributed by atoms with Crippen molar-refractivity contribution < 1.29 is 8.78 Å². The van der Waals surface area contributed by atoms with Gasteiger partial charge in [0.2, 0.25) is 0 Å². The van der Waals surface area contributed by atoms with Gasteiger partial charge in [0.1, 0.15) is 0 Å². The number of likely N-dealkylation sites (N-methyl/N-ethyl adjacent to an activating group) is 1. The van der Waals surface area contributed by atoms with Crippen molar-refractivity contribution in [2.24, 2.45) is 0 Å². The maximum absolute atomic E-state index is 13.3. The molecule has 0 saturated heterocycles. The summed E-state index contributed by atoms with van der Waals surface area (Å²) >= 11 is 0. The van der Waals surface area contributed by atoms with Gasteiger partial charge in [0.15, 0.2) is 0 Å². The molecule has 0 aliphatic carbocycles. The summed E-state index contributed by atoms with van der Waals surface area (Å²) in [6, 6.07) is 25.2. The van der Waals surface area contributed by atoms with Crippen molar-refractivity contribution in [1.82, 2.24) is 9.80 Å². The number of rotatable bonds is 9. The van der Waals surface area contributed by atoms with E-state index in [0.717, 1.165) is 31.7 Å². The minimum absolute atomic E-state index is 0.0805. The Morgan fingerprint density at radius 1 is 0.690 bits per heavy atom. The Morgan fingerprint density at radius 3 is 1.90 bits per heavy atom. The molecule has 0 spiro atoms. The number of hydrogen-bond donors (Lipinski definition) is 0. The second-order valence-corrected chi connectivity index (χ2v) is 7.58. The lowest BCUT2D eigenvalue weighted by Crippen LogP contribution is -2.31. The second kappa shape index (κ2) is 10.3. The van der Waals surface area contributed by atoms with Crippen LogP contribution in [-0.2, 0) is 13.1 Å². The van der Waals surface area contributed by atoms with Gasteiger partial charge in [-0.05, 0) is 36.3 Å². The summed E-state index contributed by atoms with van der Waals surface area (Å²) in [5, 5.41) is 0. The Hall–Kier alpha value is -2.56. The van der Waals surface area contributed by atoms with Gasteiger partial charge in [-0.15, -0.1) is 0 Å². The zero-order chi connectivity index (χ0) is 20.6. The third kappa shape index (κ3) is 6.21. The van der Waals surface area contributed by atoms with Crippen LogP contribution >= 0.6 is 0 Å². The van der Waals surface area contributed by atoms with E-state index in [1.807, 2.05) is 30.3 Å². The van der Waals surface area contributed by atoms with Gasteiger partial charge in [-0.2, -0.15) is 0 Å². The first-order valence-corrected chi connectivity index (χ1v) is 9.90. The van der Waals surface area contributed by atoms with E-state index in [-0.39, 0.29) is 5.56 Å². The number of benzene rings is 3. The molecule has 152 valence electrons. The van der Waals surface area contributed by atoms with E-state index in [0.29, 0.717) is 5.56 Å². The fourth-order valence-electron chi connectivity index (χ4n) is 3.40. The largest absolute Gasteiger partial charge is 0.308 e. The van der Waals surface area contributed by atoms with E-state index in [1.54, 1.807) is 18.2 Å². The van der Waals surface area contributed by atoms with Crippen LogP contribution in [0.3, 0.4) is 0 Å². The molecule has 0 aliphatic heterocycles. The summed E-state index contributed by atoms with van der Waals surface area (Å²) in [5.74, 6) is 0. The Kier molecular flexibility index (Phi) is 7.50. The van der Waals surface area contributed by atoms with Crippen molar-refractivity contribution in [3.63, 3.8) is 0 Å². The zero-order valence-electron chi connectivity index (χ0n) is 17.1. The molecule has 0 unspecified atom stereocenters. The maximum Gasteiger partial charge on any atom is 0.264 e. The average Bonchev–Trinajstić information content (AvgIpc) is 2.73. The van der Waals surface area contributed by atoms with E-state index in [1.165, 1.54) is 17.2 Å². The van der Waals surface area contributed by atoms with E-state index < -0.39 is 6.43 Å². The summed E-state index contributed by atoms with van der Waals surface area (Å²) < 4.78 is 26.6. The van der Waals surface area contributed by atoms with Gasteiger partial charge in [0.25, 0.3) is 6.43 Å². The van der Waals surface area contributed by atoms with E-state index >= 15 is 0 Å². The highest BCUT2D eigenvalue weighted by Gasteiger charge is 2.14. The second-order valence-electron chi connectivity index (χ2n) is 7.58. The first-order valence-electron chi connectivity index (χ1n) is 9.90. The average molecular weight is 395 g/mol. The van der Waals surface area contributed by atoms with Gasteiger partial charge in [-0.1, -0.05) is 78.9 Å². The molecule has 2 nitrogen and oxygen atoms in total. The minimum atomic E-state index is -2.47. The molecule has 0 atom stereocenters. The highest BCUT2D eigenvalue weighted by atomic mass is 19.3. The predicted octanol–water partition coefficient (Wildman–Crippen LogP) is 5.86. The van der Waals surface area contributed by atoms with Crippen LogP contribution in [0, 0.1) is 0 Å². The molecule has 0 aromatic heterocycles. The number of hydrogen-bond acceptors (Lipinski definition) is 2. The van der Waals surface area contributed by atoms with Gasteiger partial charge < -0.3 is 4.90 Å².